The van der Waals surface area contributed by atoms with Crippen molar-refractivity contribution in [3.05, 3.63) is 25.3 Å². The first-order valence-electron chi connectivity index (χ1n) is 4.75. The summed E-state index contributed by atoms with van der Waals surface area (Å²) in [7, 11) is 0. The molecule has 2 nitrogen and oxygen atoms in total. The first kappa shape index (κ1) is 10.5. The van der Waals surface area contributed by atoms with Crippen LogP contribution in [0.2, 0.25) is 0 Å². The Balaban J connectivity index is 2.54. The van der Waals surface area contributed by atoms with Gasteiger partial charge in [0.2, 0.25) is 0 Å². The minimum Gasteiger partial charge on any atom is -0.392 e. The molecule has 0 heterocycles. The van der Waals surface area contributed by atoms with Crippen molar-refractivity contribution in [2.45, 2.75) is 37.9 Å². The number of aliphatic hydroxyl groups excluding tert-OH is 2. The fraction of sp³-hybridized carbons (Fsp3) is 0.636. The highest BCUT2D eigenvalue weighted by Crippen LogP contribution is 2.53. The van der Waals surface area contributed by atoms with Gasteiger partial charge in [0.1, 0.15) is 0 Å². The topological polar surface area (TPSA) is 40.5 Å². The predicted octanol–water partition coefficient (Wildman–Crippen LogP) is 1.64. The van der Waals surface area contributed by atoms with E-state index in [0.717, 1.165) is 12.8 Å². The van der Waals surface area contributed by atoms with Gasteiger partial charge in [0, 0.05) is 5.41 Å². The Labute approximate surface area is 79.6 Å². The van der Waals surface area contributed by atoms with Gasteiger partial charge in [-0.15, -0.1) is 13.2 Å². The molecule has 0 bridgehead atoms. The lowest BCUT2D eigenvalue weighted by Crippen LogP contribution is -2.33. The average Bonchev–Trinajstić information content (AvgIpc) is 2.85. The summed E-state index contributed by atoms with van der Waals surface area (Å²) in [6, 6.07) is 0. The molecule has 0 radical (unpaired) electrons. The van der Waals surface area contributed by atoms with Crippen molar-refractivity contribution in [3.63, 3.8) is 0 Å². The van der Waals surface area contributed by atoms with Gasteiger partial charge in [-0.1, -0.05) is 12.2 Å². The maximum absolute atomic E-state index is 9.77. The Kier molecular flexibility index (Phi) is 3.28. The van der Waals surface area contributed by atoms with E-state index in [9.17, 15) is 10.2 Å². The summed E-state index contributed by atoms with van der Waals surface area (Å²) in [5.41, 5.74) is -0.262. The van der Waals surface area contributed by atoms with Gasteiger partial charge in [-0.3, -0.25) is 0 Å². The van der Waals surface area contributed by atoms with Crippen LogP contribution in [0.3, 0.4) is 0 Å². The predicted molar refractivity (Wildman–Crippen MR) is 53.3 cm³/mol. The highest BCUT2D eigenvalue weighted by Gasteiger charge is 2.53. The van der Waals surface area contributed by atoms with Gasteiger partial charge < -0.3 is 10.2 Å². The molecule has 0 aromatic rings. The first-order chi connectivity index (χ1) is 6.17. The highest BCUT2D eigenvalue weighted by atomic mass is 16.3. The molecule has 0 aromatic carbocycles. The number of rotatable bonds is 6. The summed E-state index contributed by atoms with van der Waals surface area (Å²) in [6.45, 7) is 7.17. The SMILES string of the molecule is C=CC[C@H](O)C1([C@@H](O)CC=C)CC1. The largest absolute Gasteiger partial charge is 0.392 e. The zero-order valence-electron chi connectivity index (χ0n) is 7.95. The molecule has 0 aliphatic heterocycles. The van der Waals surface area contributed by atoms with Gasteiger partial charge in [0.05, 0.1) is 12.2 Å². The van der Waals surface area contributed by atoms with E-state index in [4.69, 9.17) is 0 Å². The van der Waals surface area contributed by atoms with Crippen LogP contribution in [-0.2, 0) is 0 Å². The molecule has 1 rings (SSSR count). The molecule has 0 saturated heterocycles. The second kappa shape index (κ2) is 4.07. The second-order valence-electron chi connectivity index (χ2n) is 3.81. The van der Waals surface area contributed by atoms with Crippen LogP contribution in [0.25, 0.3) is 0 Å². The Hall–Kier alpha value is -0.600. The van der Waals surface area contributed by atoms with Crippen molar-refractivity contribution in [2.75, 3.05) is 0 Å². The lowest BCUT2D eigenvalue weighted by Gasteiger charge is -2.25. The molecule has 1 aliphatic carbocycles. The summed E-state index contributed by atoms with van der Waals surface area (Å²) >= 11 is 0. The molecule has 0 unspecified atom stereocenters. The van der Waals surface area contributed by atoms with Crippen molar-refractivity contribution < 1.29 is 10.2 Å². The molecule has 0 amide bonds. The highest BCUT2D eigenvalue weighted by molar-refractivity contribution is 5.06. The van der Waals surface area contributed by atoms with Crippen LogP contribution in [0.15, 0.2) is 25.3 Å². The molecule has 1 fully saturated rings. The van der Waals surface area contributed by atoms with Gasteiger partial charge in [0.25, 0.3) is 0 Å². The Morgan fingerprint density at radius 3 is 1.69 bits per heavy atom. The lowest BCUT2D eigenvalue weighted by molar-refractivity contribution is -0.00183. The zero-order chi connectivity index (χ0) is 9.90. The van der Waals surface area contributed by atoms with Crippen molar-refractivity contribution in [1.82, 2.24) is 0 Å². The van der Waals surface area contributed by atoms with Crippen LogP contribution in [0.1, 0.15) is 25.7 Å². The van der Waals surface area contributed by atoms with Crippen molar-refractivity contribution in [2.24, 2.45) is 5.41 Å². The van der Waals surface area contributed by atoms with Gasteiger partial charge in [-0.2, -0.15) is 0 Å². The van der Waals surface area contributed by atoms with E-state index in [2.05, 4.69) is 13.2 Å². The molecule has 0 aromatic heterocycles. The maximum atomic E-state index is 9.77. The van der Waals surface area contributed by atoms with Crippen molar-refractivity contribution >= 4 is 0 Å². The van der Waals surface area contributed by atoms with Gasteiger partial charge in [-0.25, -0.2) is 0 Å². The summed E-state index contributed by atoms with van der Waals surface area (Å²) in [5.74, 6) is 0. The minimum absolute atomic E-state index is 0.262. The summed E-state index contributed by atoms with van der Waals surface area (Å²) in [6.07, 6.45) is 5.47. The Bertz CT molecular complexity index is 176. The van der Waals surface area contributed by atoms with Crippen LogP contribution in [0.5, 0.6) is 0 Å². The van der Waals surface area contributed by atoms with E-state index >= 15 is 0 Å². The molecule has 74 valence electrons. The minimum atomic E-state index is -0.444. The fourth-order valence-electron chi connectivity index (χ4n) is 1.82. The third-order valence-corrected chi connectivity index (χ3v) is 2.93. The van der Waals surface area contributed by atoms with E-state index < -0.39 is 12.2 Å². The van der Waals surface area contributed by atoms with Crippen LogP contribution in [-0.4, -0.2) is 22.4 Å². The third-order valence-electron chi connectivity index (χ3n) is 2.93. The monoisotopic (exact) mass is 182 g/mol. The number of hydrogen-bond acceptors (Lipinski definition) is 2. The number of aliphatic hydroxyl groups is 2. The van der Waals surface area contributed by atoms with E-state index in [1.807, 2.05) is 0 Å². The molecule has 2 N–H and O–H groups in total. The van der Waals surface area contributed by atoms with Crippen LogP contribution < -0.4 is 0 Å². The Morgan fingerprint density at radius 2 is 1.46 bits per heavy atom. The smallest absolute Gasteiger partial charge is 0.0655 e. The number of hydrogen-bond donors (Lipinski definition) is 2. The molecule has 13 heavy (non-hydrogen) atoms. The summed E-state index contributed by atoms with van der Waals surface area (Å²) in [4.78, 5) is 0. The normalized spacial score (nSPS) is 23.2. The maximum Gasteiger partial charge on any atom is 0.0655 e. The lowest BCUT2D eigenvalue weighted by atomic mass is 9.88. The molecule has 1 aliphatic rings. The van der Waals surface area contributed by atoms with Crippen molar-refractivity contribution in [1.29, 1.82) is 0 Å². The van der Waals surface area contributed by atoms with E-state index in [1.54, 1.807) is 12.2 Å². The molecule has 2 heteroatoms. The molecular formula is C11H18O2. The van der Waals surface area contributed by atoms with E-state index in [0.29, 0.717) is 12.8 Å². The van der Waals surface area contributed by atoms with Crippen molar-refractivity contribution in [3.8, 4) is 0 Å². The molecule has 2 atom stereocenters. The summed E-state index contributed by atoms with van der Waals surface area (Å²) in [5, 5.41) is 19.5. The Morgan fingerprint density at radius 1 is 1.08 bits per heavy atom. The van der Waals surface area contributed by atoms with Gasteiger partial charge in [-0.05, 0) is 25.7 Å². The first-order valence-corrected chi connectivity index (χ1v) is 4.75. The van der Waals surface area contributed by atoms with Gasteiger partial charge in [0.15, 0.2) is 0 Å². The van der Waals surface area contributed by atoms with Crippen LogP contribution in [0.4, 0.5) is 0 Å². The standard InChI is InChI=1S/C11H18O2/c1-3-5-9(12)11(7-8-11)10(13)6-4-2/h3-4,9-10,12-13H,1-2,5-8H2/t9-,10-/m0/s1. The van der Waals surface area contributed by atoms with Crippen LogP contribution in [0, 0.1) is 5.41 Å². The zero-order valence-corrected chi connectivity index (χ0v) is 7.95. The summed E-state index contributed by atoms with van der Waals surface area (Å²) < 4.78 is 0. The van der Waals surface area contributed by atoms with E-state index in [1.165, 1.54) is 0 Å². The fourth-order valence-corrected chi connectivity index (χ4v) is 1.82. The molecular weight excluding hydrogens is 164 g/mol. The second-order valence-corrected chi connectivity index (χ2v) is 3.81. The van der Waals surface area contributed by atoms with Crippen LogP contribution >= 0.6 is 0 Å². The molecule has 0 spiro atoms. The quantitative estimate of drug-likeness (QED) is 0.613. The third kappa shape index (κ3) is 2.01. The average molecular weight is 182 g/mol. The molecule has 1 saturated carbocycles. The van der Waals surface area contributed by atoms with Gasteiger partial charge >= 0.3 is 0 Å². The van der Waals surface area contributed by atoms with E-state index in [-0.39, 0.29) is 5.41 Å².